The lowest BCUT2D eigenvalue weighted by Crippen LogP contribution is -2.46. The number of aliphatic hydroxyl groups excluding tert-OH is 1. The van der Waals surface area contributed by atoms with Crippen LogP contribution in [0.3, 0.4) is 0 Å². The minimum absolute atomic E-state index is 0.0427. The van der Waals surface area contributed by atoms with E-state index in [1.165, 1.54) is 10.5 Å². The number of aryl methyl sites for hydroxylation is 2. The number of hydrogen-bond donors (Lipinski definition) is 1. The van der Waals surface area contributed by atoms with Gasteiger partial charge in [0.15, 0.2) is 5.03 Å². The van der Waals surface area contributed by atoms with Crippen LogP contribution in [0.25, 0.3) is 0 Å². The summed E-state index contributed by atoms with van der Waals surface area (Å²) in [5.41, 5.74) is 0. The molecule has 1 aliphatic heterocycles. The Morgan fingerprint density at radius 2 is 2.33 bits per heavy atom. The third-order valence-corrected chi connectivity index (χ3v) is 4.73. The maximum atomic E-state index is 12.3. The van der Waals surface area contributed by atoms with Gasteiger partial charge in [0, 0.05) is 26.3 Å². The van der Waals surface area contributed by atoms with Gasteiger partial charge in [0.2, 0.25) is 0 Å². The first kappa shape index (κ1) is 13.5. The van der Waals surface area contributed by atoms with E-state index in [0.717, 1.165) is 0 Å². The number of sulfonamides is 1. The molecule has 1 fully saturated rings. The van der Waals surface area contributed by atoms with E-state index in [-0.39, 0.29) is 31.3 Å². The minimum atomic E-state index is -3.60. The SMILES string of the molecule is Cc1nc(S(=O)(=O)N2CCOC(CO)C2)cn1C. The number of hydrogen-bond acceptors (Lipinski definition) is 5. The molecule has 0 spiro atoms. The number of aromatic nitrogens is 2. The molecule has 0 aromatic carbocycles. The fourth-order valence-electron chi connectivity index (χ4n) is 1.80. The van der Waals surface area contributed by atoms with E-state index in [4.69, 9.17) is 9.84 Å². The van der Waals surface area contributed by atoms with Gasteiger partial charge in [-0.25, -0.2) is 13.4 Å². The average Bonchev–Trinajstić information content (AvgIpc) is 2.70. The predicted octanol–water partition coefficient (Wildman–Crippen LogP) is -0.890. The van der Waals surface area contributed by atoms with E-state index in [9.17, 15) is 8.42 Å². The lowest BCUT2D eigenvalue weighted by molar-refractivity contribution is -0.0305. The second kappa shape index (κ2) is 4.96. The van der Waals surface area contributed by atoms with Crippen LogP contribution in [0.5, 0.6) is 0 Å². The quantitative estimate of drug-likeness (QED) is 0.773. The first-order valence-electron chi connectivity index (χ1n) is 5.67. The highest BCUT2D eigenvalue weighted by molar-refractivity contribution is 7.89. The average molecular weight is 275 g/mol. The molecule has 0 amide bonds. The Morgan fingerprint density at radius 1 is 1.61 bits per heavy atom. The minimum Gasteiger partial charge on any atom is -0.394 e. The topological polar surface area (TPSA) is 84.7 Å². The molecule has 0 radical (unpaired) electrons. The van der Waals surface area contributed by atoms with Gasteiger partial charge in [-0.05, 0) is 6.92 Å². The molecule has 102 valence electrons. The summed E-state index contributed by atoms with van der Waals surface area (Å²) in [7, 11) is -1.85. The zero-order chi connectivity index (χ0) is 13.3. The molecule has 2 heterocycles. The second-order valence-electron chi connectivity index (χ2n) is 4.28. The number of ether oxygens (including phenoxy) is 1. The van der Waals surface area contributed by atoms with Crippen LogP contribution < -0.4 is 0 Å². The molecular formula is C10H17N3O4S. The fourth-order valence-corrected chi connectivity index (χ4v) is 3.28. The Kier molecular flexibility index (Phi) is 3.71. The number of aliphatic hydroxyl groups is 1. The van der Waals surface area contributed by atoms with Gasteiger partial charge in [0.1, 0.15) is 5.82 Å². The number of morpholine rings is 1. The predicted molar refractivity (Wildman–Crippen MR) is 63.5 cm³/mol. The zero-order valence-corrected chi connectivity index (χ0v) is 11.2. The van der Waals surface area contributed by atoms with Gasteiger partial charge in [0.05, 0.1) is 19.3 Å². The van der Waals surface area contributed by atoms with E-state index in [1.807, 2.05) is 0 Å². The van der Waals surface area contributed by atoms with Crippen molar-refractivity contribution in [2.24, 2.45) is 7.05 Å². The van der Waals surface area contributed by atoms with E-state index in [2.05, 4.69) is 4.98 Å². The summed E-state index contributed by atoms with van der Waals surface area (Å²) in [5.74, 6) is 0.639. The lowest BCUT2D eigenvalue weighted by Gasteiger charge is -2.30. The maximum absolute atomic E-state index is 12.3. The van der Waals surface area contributed by atoms with Gasteiger partial charge in [-0.15, -0.1) is 0 Å². The van der Waals surface area contributed by atoms with Crippen LogP contribution in [-0.4, -0.2) is 59.8 Å². The van der Waals surface area contributed by atoms with Gasteiger partial charge in [-0.3, -0.25) is 0 Å². The summed E-state index contributed by atoms with van der Waals surface area (Å²) in [5, 5.41) is 9.07. The van der Waals surface area contributed by atoms with Gasteiger partial charge in [-0.2, -0.15) is 4.31 Å². The van der Waals surface area contributed by atoms with Crippen molar-refractivity contribution >= 4 is 10.0 Å². The van der Waals surface area contributed by atoms with Gasteiger partial charge < -0.3 is 14.4 Å². The van der Waals surface area contributed by atoms with Crippen molar-refractivity contribution in [1.29, 1.82) is 0 Å². The molecule has 1 unspecified atom stereocenters. The molecule has 1 atom stereocenters. The third-order valence-electron chi connectivity index (χ3n) is 3.00. The van der Waals surface area contributed by atoms with Crippen molar-refractivity contribution in [2.45, 2.75) is 18.1 Å². The van der Waals surface area contributed by atoms with Gasteiger partial charge >= 0.3 is 0 Å². The van der Waals surface area contributed by atoms with E-state index in [0.29, 0.717) is 5.82 Å². The van der Waals surface area contributed by atoms with E-state index >= 15 is 0 Å². The van der Waals surface area contributed by atoms with Gasteiger partial charge in [0.25, 0.3) is 10.0 Å². The van der Waals surface area contributed by atoms with Crippen LogP contribution in [0.4, 0.5) is 0 Å². The van der Waals surface area contributed by atoms with Crippen molar-refractivity contribution < 1.29 is 18.3 Å². The summed E-state index contributed by atoms with van der Waals surface area (Å²) in [6, 6.07) is 0. The number of imidazole rings is 1. The Hall–Kier alpha value is -0.960. The molecule has 18 heavy (non-hydrogen) atoms. The molecule has 1 aliphatic rings. The molecule has 0 saturated carbocycles. The van der Waals surface area contributed by atoms with E-state index < -0.39 is 16.1 Å². The molecule has 7 nitrogen and oxygen atoms in total. The molecule has 1 N–H and O–H groups in total. The number of rotatable bonds is 3. The molecule has 1 aromatic heterocycles. The third kappa shape index (κ3) is 2.41. The standard InChI is InChI=1S/C10H17N3O4S/c1-8-11-10(6-12(8)2)18(15,16)13-3-4-17-9(5-13)7-14/h6,9,14H,3-5,7H2,1-2H3. The van der Waals surface area contributed by atoms with Crippen molar-refractivity contribution in [1.82, 2.24) is 13.9 Å². The number of nitrogens with zero attached hydrogens (tertiary/aromatic N) is 3. The highest BCUT2D eigenvalue weighted by Crippen LogP contribution is 2.17. The van der Waals surface area contributed by atoms with Gasteiger partial charge in [-0.1, -0.05) is 0 Å². The molecule has 2 rings (SSSR count). The van der Waals surface area contributed by atoms with Crippen molar-refractivity contribution in [3.8, 4) is 0 Å². The largest absolute Gasteiger partial charge is 0.394 e. The Labute approximate surface area is 106 Å². The smallest absolute Gasteiger partial charge is 0.262 e. The summed E-state index contributed by atoms with van der Waals surface area (Å²) >= 11 is 0. The van der Waals surface area contributed by atoms with Crippen LogP contribution in [0, 0.1) is 6.92 Å². The Balaban J connectivity index is 2.25. The molecule has 8 heteroatoms. The monoisotopic (exact) mass is 275 g/mol. The van der Waals surface area contributed by atoms with Crippen LogP contribution >= 0.6 is 0 Å². The van der Waals surface area contributed by atoms with Crippen molar-refractivity contribution in [2.75, 3.05) is 26.3 Å². The van der Waals surface area contributed by atoms with Crippen molar-refractivity contribution in [3.63, 3.8) is 0 Å². The summed E-state index contributed by atoms with van der Waals surface area (Å²) < 4.78 is 32.9. The summed E-state index contributed by atoms with van der Waals surface area (Å²) in [6.45, 7) is 2.29. The first-order chi connectivity index (χ1) is 8.45. The Bertz CT molecular complexity index is 506. The van der Waals surface area contributed by atoms with E-state index in [1.54, 1.807) is 18.5 Å². The fraction of sp³-hybridized carbons (Fsp3) is 0.700. The highest BCUT2D eigenvalue weighted by Gasteiger charge is 2.32. The maximum Gasteiger partial charge on any atom is 0.262 e. The molecule has 0 bridgehead atoms. The van der Waals surface area contributed by atoms with Crippen LogP contribution in [0.1, 0.15) is 5.82 Å². The molecule has 1 aromatic rings. The first-order valence-corrected chi connectivity index (χ1v) is 7.11. The molecular weight excluding hydrogens is 258 g/mol. The summed E-state index contributed by atoms with van der Waals surface area (Å²) in [6.07, 6.45) is 1.03. The highest BCUT2D eigenvalue weighted by atomic mass is 32.2. The van der Waals surface area contributed by atoms with Crippen molar-refractivity contribution in [3.05, 3.63) is 12.0 Å². The van der Waals surface area contributed by atoms with Crippen LogP contribution in [0.2, 0.25) is 0 Å². The normalized spacial score (nSPS) is 22.3. The second-order valence-corrected chi connectivity index (χ2v) is 6.16. The zero-order valence-electron chi connectivity index (χ0n) is 10.4. The van der Waals surface area contributed by atoms with Crippen LogP contribution in [-0.2, 0) is 21.8 Å². The van der Waals surface area contributed by atoms with Crippen LogP contribution in [0.15, 0.2) is 11.2 Å². The summed E-state index contributed by atoms with van der Waals surface area (Å²) in [4.78, 5) is 4.04. The lowest BCUT2D eigenvalue weighted by atomic mass is 10.3. The Morgan fingerprint density at radius 3 is 2.89 bits per heavy atom. The molecule has 0 aliphatic carbocycles. The molecule has 1 saturated heterocycles.